The van der Waals surface area contributed by atoms with E-state index in [2.05, 4.69) is 0 Å². The maximum absolute atomic E-state index is 12.1. The molecule has 0 unspecified atom stereocenters. The average Bonchev–Trinajstić information content (AvgIpc) is 2.31. The van der Waals surface area contributed by atoms with Crippen LogP contribution in [0.4, 0.5) is 0 Å². The van der Waals surface area contributed by atoms with Crippen molar-refractivity contribution in [2.75, 3.05) is 5.75 Å². The van der Waals surface area contributed by atoms with Crippen LogP contribution in [0.2, 0.25) is 0 Å². The fraction of sp³-hybridized carbons (Fsp3) is 0.538. The minimum absolute atomic E-state index is 0.330. The van der Waals surface area contributed by atoms with Crippen LogP contribution in [-0.2, 0) is 9.84 Å². The van der Waals surface area contributed by atoms with E-state index in [0.717, 1.165) is 12.8 Å². The number of hydrogen-bond acceptors (Lipinski definition) is 2. The van der Waals surface area contributed by atoms with E-state index in [4.69, 9.17) is 0 Å². The van der Waals surface area contributed by atoms with Crippen LogP contribution in [0, 0.1) is 5.92 Å². The van der Waals surface area contributed by atoms with Crippen LogP contribution in [0.3, 0.4) is 0 Å². The van der Waals surface area contributed by atoms with Crippen LogP contribution in [0.1, 0.15) is 32.1 Å². The molecular weight excluding hydrogens is 220 g/mol. The lowest BCUT2D eigenvalue weighted by atomic mass is 9.91. The number of sulfone groups is 1. The second kappa shape index (κ2) is 5.00. The van der Waals surface area contributed by atoms with E-state index >= 15 is 0 Å². The molecule has 2 nitrogen and oxygen atoms in total. The predicted molar refractivity (Wildman–Crippen MR) is 65.1 cm³/mol. The van der Waals surface area contributed by atoms with Gasteiger partial charge in [0.2, 0.25) is 0 Å². The molecular formula is C13H18O2S. The second-order valence-electron chi connectivity index (χ2n) is 4.60. The molecule has 1 aliphatic rings. The Morgan fingerprint density at radius 2 is 1.62 bits per heavy atom. The highest BCUT2D eigenvalue weighted by Gasteiger charge is 2.22. The summed E-state index contributed by atoms with van der Waals surface area (Å²) in [6, 6.07) is 8.80. The molecule has 0 spiro atoms. The van der Waals surface area contributed by atoms with Gasteiger partial charge in [0.05, 0.1) is 10.6 Å². The molecule has 1 aliphatic carbocycles. The van der Waals surface area contributed by atoms with Crippen LogP contribution in [0.5, 0.6) is 0 Å². The highest BCUT2D eigenvalue weighted by atomic mass is 32.2. The quantitative estimate of drug-likeness (QED) is 0.811. The lowest BCUT2D eigenvalue weighted by molar-refractivity contribution is 0.385. The van der Waals surface area contributed by atoms with Crippen LogP contribution >= 0.6 is 0 Å². The topological polar surface area (TPSA) is 34.1 Å². The van der Waals surface area contributed by atoms with Gasteiger partial charge in [0.15, 0.2) is 9.84 Å². The third-order valence-corrected chi connectivity index (χ3v) is 5.18. The van der Waals surface area contributed by atoms with Gasteiger partial charge in [-0.2, -0.15) is 0 Å². The van der Waals surface area contributed by atoms with E-state index < -0.39 is 9.84 Å². The summed E-state index contributed by atoms with van der Waals surface area (Å²) in [7, 11) is -3.06. The van der Waals surface area contributed by atoms with Gasteiger partial charge in [0, 0.05) is 0 Å². The molecule has 1 aromatic rings. The molecule has 1 fully saturated rings. The fourth-order valence-corrected chi connectivity index (χ4v) is 4.11. The Bertz CT molecular complexity index is 417. The van der Waals surface area contributed by atoms with Crippen molar-refractivity contribution in [3.63, 3.8) is 0 Å². The van der Waals surface area contributed by atoms with E-state index in [1.54, 1.807) is 24.3 Å². The summed E-state index contributed by atoms with van der Waals surface area (Å²) in [6.45, 7) is 0. The first-order chi connectivity index (χ1) is 7.68. The molecule has 0 amide bonds. The summed E-state index contributed by atoms with van der Waals surface area (Å²) >= 11 is 0. The Labute approximate surface area is 97.6 Å². The summed E-state index contributed by atoms with van der Waals surface area (Å²) in [5.74, 6) is 0.704. The molecule has 1 saturated carbocycles. The summed E-state index contributed by atoms with van der Waals surface area (Å²) < 4.78 is 24.2. The van der Waals surface area contributed by atoms with Crippen molar-refractivity contribution in [1.29, 1.82) is 0 Å². The Morgan fingerprint density at radius 3 is 2.25 bits per heavy atom. The number of rotatable bonds is 3. The Morgan fingerprint density at radius 1 is 1.00 bits per heavy atom. The number of benzene rings is 1. The predicted octanol–water partition coefficient (Wildman–Crippen LogP) is 3.04. The molecule has 16 heavy (non-hydrogen) atoms. The Hall–Kier alpha value is -0.830. The van der Waals surface area contributed by atoms with Gasteiger partial charge in [-0.25, -0.2) is 8.42 Å². The normalized spacial score (nSPS) is 18.5. The molecule has 88 valence electrons. The maximum Gasteiger partial charge on any atom is 0.178 e. The van der Waals surface area contributed by atoms with Gasteiger partial charge in [-0.1, -0.05) is 37.5 Å². The summed E-state index contributed by atoms with van der Waals surface area (Å²) in [4.78, 5) is 0.473. The molecule has 0 radical (unpaired) electrons. The van der Waals surface area contributed by atoms with Crippen molar-refractivity contribution in [2.45, 2.75) is 37.0 Å². The van der Waals surface area contributed by atoms with Crippen molar-refractivity contribution in [1.82, 2.24) is 0 Å². The molecule has 0 aliphatic heterocycles. The zero-order valence-corrected chi connectivity index (χ0v) is 10.2. The van der Waals surface area contributed by atoms with Crippen molar-refractivity contribution < 1.29 is 8.42 Å². The molecule has 3 heteroatoms. The SMILES string of the molecule is O=S(=O)(CC1CCCCC1)c1ccccc1. The Balaban J connectivity index is 2.08. The molecule has 0 saturated heterocycles. The molecule has 0 aromatic heterocycles. The smallest absolute Gasteiger partial charge is 0.178 e. The summed E-state index contributed by atoms with van der Waals surface area (Å²) in [5, 5.41) is 0. The van der Waals surface area contributed by atoms with Gasteiger partial charge < -0.3 is 0 Å². The first-order valence-corrected chi connectivity index (χ1v) is 7.61. The van der Waals surface area contributed by atoms with Gasteiger partial charge in [-0.3, -0.25) is 0 Å². The molecule has 0 heterocycles. The van der Waals surface area contributed by atoms with Gasteiger partial charge in [0.1, 0.15) is 0 Å². The van der Waals surface area contributed by atoms with Crippen molar-refractivity contribution >= 4 is 9.84 Å². The zero-order chi connectivity index (χ0) is 11.4. The molecule has 2 rings (SSSR count). The second-order valence-corrected chi connectivity index (χ2v) is 6.63. The monoisotopic (exact) mass is 238 g/mol. The molecule has 0 bridgehead atoms. The zero-order valence-electron chi connectivity index (χ0n) is 9.43. The highest BCUT2D eigenvalue weighted by molar-refractivity contribution is 7.91. The van der Waals surface area contributed by atoms with Gasteiger partial charge in [-0.05, 0) is 30.9 Å². The maximum atomic E-state index is 12.1. The van der Waals surface area contributed by atoms with Crippen LogP contribution in [0.15, 0.2) is 35.2 Å². The van der Waals surface area contributed by atoms with E-state index in [0.29, 0.717) is 16.6 Å². The fourth-order valence-electron chi connectivity index (χ4n) is 2.39. The first kappa shape index (κ1) is 11.6. The van der Waals surface area contributed by atoms with Crippen LogP contribution in [-0.4, -0.2) is 14.2 Å². The third kappa shape index (κ3) is 2.85. The van der Waals surface area contributed by atoms with E-state index in [-0.39, 0.29) is 0 Å². The van der Waals surface area contributed by atoms with E-state index in [1.165, 1.54) is 19.3 Å². The van der Waals surface area contributed by atoms with E-state index in [1.807, 2.05) is 6.07 Å². The van der Waals surface area contributed by atoms with Crippen molar-refractivity contribution in [3.05, 3.63) is 30.3 Å². The Kier molecular flexibility index (Phi) is 3.64. The minimum atomic E-state index is -3.06. The van der Waals surface area contributed by atoms with Gasteiger partial charge >= 0.3 is 0 Å². The summed E-state index contributed by atoms with van der Waals surface area (Å²) in [5.41, 5.74) is 0. The van der Waals surface area contributed by atoms with Gasteiger partial charge in [-0.15, -0.1) is 0 Å². The molecule has 1 aromatic carbocycles. The molecule has 0 atom stereocenters. The standard InChI is InChI=1S/C13H18O2S/c14-16(15,13-9-5-2-6-10-13)11-12-7-3-1-4-8-12/h2,5-6,9-10,12H,1,3-4,7-8,11H2. The minimum Gasteiger partial charge on any atom is -0.224 e. The van der Waals surface area contributed by atoms with Crippen LogP contribution in [0.25, 0.3) is 0 Å². The summed E-state index contributed by atoms with van der Waals surface area (Å²) in [6.07, 6.45) is 5.80. The molecule has 0 N–H and O–H groups in total. The van der Waals surface area contributed by atoms with Gasteiger partial charge in [0.25, 0.3) is 0 Å². The first-order valence-electron chi connectivity index (χ1n) is 5.96. The van der Waals surface area contributed by atoms with E-state index in [9.17, 15) is 8.42 Å². The number of hydrogen-bond donors (Lipinski definition) is 0. The highest BCUT2D eigenvalue weighted by Crippen LogP contribution is 2.26. The van der Waals surface area contributed by atoms with Crippen molar-refractivity contribution in [3.8, 4) is 0 Å². The van der Waals surface area contributed by atoms with Crippen molar-refractivity contribution in [2.24, 2.45) is 5.92 Å². The van der Waals surface area contributed by atoms with Crippen LogP contribution < -0.4 is 0 Å². The average molecular weight is 238 g/mol. The lowest BCUT2D eigenvalue weighted by Gasteiger charge is -2.21. The third-order valence-electron chi connectivity index (χ3n) is 3.28. The lowest BCUT2D eigenvalue weighted by Crippen LogP contribution is -2.18. The largest absolute Gasteiger partial charge is 0.224 e.